The van der Waals surface area contributed by atoms with Crippen molar-refractivity contribution in [1.29, 1.82) is 0 Å². The molecule has 0 aromatic heterocycles. The van der Waals surface area contributed by atoms with Crippen molar-refractivity contribution in [2.75, 3.05) is 11.4 Å². The number of rotatable bonds is 3. The van der Waals surface area contributed by atoms with Crippen molar-refractivity contribution in [3.05, 3.63) is 59.1 Å². The molecule has 0 bridgehead atoms. The Morgan fingerprint density at radius 2 is 1.47 bits per heavy atom. The van der Waals surface area contributed by atoms with Gasteiger partial charge in [-0.15, -0.1) is 0 Å². The second kappa shape index (κ2) is 5.23. The molecule has 0 radical (unpaired) electrons. The Morgan fingerprint density at radius 3 is 2.00 bits per heavy atom. The van der Waals surface area contributed by atoms with Gasteiger partial charge in [0.05, 0.1) is 10.6 Å². The maximum atomic E-state index is 12.4. The van der Waals surface area contributed by atoms with Crippen LogP contribution in [-0.4, -0.2) is 15.5 Å². The van der Waals surface area contributed by atoms with Gasteiger partial charge in [-0.25, -0.2) is 8.42 Å². The van der Waals surface area contributed by atoms with E-state index in [2.05, 4.69) is 0 Å². The fraction of sp³-hybridized carbons (Fsp3) is 0.143. The molecule has 3 nitrogen and oxygen atoms in total. The zero-order valence-electron chi connectivity index (χ0n) is 10.7. The largest absolute Gasteiger partial charge is 0.269 e. The Balaban J connectivity index is 2.39. The van der Waals surface area contributed by atoms with Crippen LogP contribution in [0.2, 0.25) is 5.02 Å². The third-order valence-electron chi connectivity index (χ3n) is 2.87. The predicted octanol–water partition coefficient (Wildman–Crippen LogP) is 3.47. The number of hydrogen-bond donors (Lipinski definition) is 0. The quantitative estimate of drug-likeness (QED) is 0.869. The third-order valence-corrected chi connectivity index (χ3v) is 4.92. The first kappa shape index (κ1) is 13.9. The summed E-state index contributed by atoms with van der Waals surface area (Å²) < 4.78 is 26.1. The summed E-state index contributed by atoms with van der Waals surface area (Å²) in [5.74, 6) is 0. The SMILES string of the molecule is Cc1ccc(S(=O)(=O)N(C)c2ccc(Cl)cc2)cc1. The maximum Gasteiger partial charge on any atom is 0.264 e. The number of hydrogen-bond acceptors (Lipinski definition) is 2. The van der Waals surface area contributed by atoms with Gasteiger partial charge in [-0.2, -0.15) is 0 Å². The van der Waals surface area contributed by atoms with Crippen molar-refractivity contribution in [3.8, 4) is 0 Å². The lowest BCUT2D eigenvalue weighted by atomic mass is 10.2. The van der Waals surface area contributed by atoms with Crippen LogP contribution in [0.3, 0.4) is 0 Å². The van der Waals surface area contributed by atoms with Crippen LogP contribution in [0, 0.1) is 6.92 Å². The van der Waals surface area contributed by atoms with Gasteiger partial charge in [-0.05, 0) is 43.3 Å². The van der Waals surface area contributed by atoms with E-state index in [-0.39, 0.29) is 4.90 Å². The predicted molar refractivity (Wildman–Crippen MR) is 78.2 cm³/mol. The van der Waals surface area contributed by atoms with Gasteiger partial charge in [-0.1, -0.05) is 29.3 Å². The zero-order valence-corrected chi connectivity index (χ0v) is 12.2. The van der Waals surface area contributed by atoms with Crippen molar-refractivity contribution < 1.29 is 8.42 Å². The third kappa shape index (κ3) is 2.91. The highest BCUT2D eigenvalue weighted by Crippen LogP contribution is 2.23. The first-order valence-electron chi connectivity index (χ1n) is 5.72. The molecule has 0 atom stereocenters. The van der Waals surface area contributed by atoms with E-state index in [1.54, 1.807) is 48.5 Å². The van der Waals surface area contributed by atoms with Crippen LogP contribution in [0.1, 0.15) is 5.56 Å². The Morgan fingerprint density at radius 1 is 0.947 bits per heavy atom. The molecule has 0 saturated heterocycles. The molecule has 0 unspecified atom stereocenters. The van der Waals surface area contributed by atoms with E-state index >= 15 is 0 Å². The molecular formula is C14H14ClNO2S. The average Bonchev–Trinajstić information content (AvgIpc) is 2.39. The minimum absolute atomic E-state index is 0.274. The van der Waals surface area contributed by atoms with Gasteiger partial charge in [0.25, 0.3) is 10.0 Å². The minimum Gasteiger partial charge on any atom is -0.269 e. The van der Waals surface area contributed by atoms with E-state index in [4.69, 9.17) is 11.6 Å². The first-order chi connectivity index (χ1) is 8.91. The topological polar surface area (TPSA) is 37.4 Å². The summed E-state index contributed by atoms with van der Waals surface area (Å²) in [6, 6.07) is 13.5. The van der Waals surface area contributed by atoms with Crippen LogP contribution in [0.5, 0.6) is 0 Å². The minimum atomic E-state index is -3.53. The Hall–Kier alpha value is -1.52. The molecule has 0 aliphatic carbocycles. The van der Waals surface area contributed by atoms with Crippen LogP contribution in [0.4, 0.5) is 5.69 Å². The summed E-state index contributed by atoms with van der Waals surface area (Å²) >= 11 is 5.80. The molecular weight excluding hydrogens is 282 g/mol. The van der Waals surface area contributed by atoms with Gasteiger partial charge < -0.3 is 0 Å². The van der Waals surface area contributed by atoms with Crippen LogP contribution in [-0.2, 0) is 10.0 Å². The van der Waals surface area contributed by atoms with Gasteiger partial charge >= 0.3 is 0 Å². The molecule has 0 N–H and O–H groups in total. The summed E-state index contributed by atoms with van der Waals surface area (Å²) in [4.78, 5) is 0.274. The molecule has 19 heavy (non-hydrogen) atoms. The smallest absolute Gasteiger partial charge is 0.264 e. The Bertz CT molecular complexity index is 664. The Labute approximate surface area is 118 Å². The Kier molecular flexibility index (Phi) is 3.83. The van der Waals surface area contributed by atoms with Crippen molar-refractivity contribution in [2.45, 2.75) is 11.8 Å². The van der Waals surface area contributed by atoms with E-state index in [9.17, 15) is 8.42 Å². The maximum absolute atomic E-state index is 12.4. The molecule has 0 spiro atoms. The highest BCUT2D eigenvalue weighted by Gasteiger charge is 2.20. The lowest BCUT2D eigenvalue weighted by Crippen LogP contribution is -2.26. The summed E-state index contributed by atoms with van der Waals surface area (Å²) in [5.41, 5.74) is 1.60. The van der Waals surface area contributed by atoms with Crippen molar-refractivity contribution >= 4 is 27.3 Å². The number of sulfonamides is 1. The normalized spacial score (nSPS) is 11.3. The molecule has 2 rings (SSSR count). The second-order valence-electron chi connectivity index (χ2n) is 4.26. The molecule has 5 heteroatoms. The molecule has 0 aliphatic rings. The van der Waals surface area contributed by atoms with Crippen LogP contribution >= 0.6 is 11.6 Å². The molecule has 0 aliphatic heterocycles. The fourth-order valence-electron chi connectivity index (χ4n) is 1.66. The molecule has 0 fully saturated rings. The molecule has 2 aromatic carbocycles. The standard InChI is InChI=1S/C14H14ClNO2S/c1-11-3-9-14(10-4-11)19(17,18)16(2)13-7-5-12(15)6-8-13/h3-10H,1-2H3. The number of halogens is 1. The van der Waals surface area contributed by atoms with E-state index in [1.807, 2.05) is 6.92 Å². The van der Waals surface area contributed by atoms with Crippen molar-refractivity contribution in [3.63, 3.8) is 0 Å². The van der Waals surface area contributed by atoms with E-state index in [1.165, 1.54) is 11.4 Å². The van der Waals surface area contributed by atoms with Crippen LogP contribution < -0.4 is 4.31 Å². The molecule has 2 aromatic rings. The van der Waals surface area contributed by atoms with Crippen molar-refractivity contribution in [2.24, 2.45) is 0 Å². The van der Waals surface area contributed by atoms with Gasteiger partial charge in [-0.3, -0.25) is 4.31 Å². The summed E-state index contributed by atoms with van der Waals surface area (Å²) in [7, 11) is -2.01. The lowest BCUT2D eigenvalue weighted by Gasteiger charge is -2.19. The summed E-state index contributed by atoms with van der Waals surface area (Å²) in [6.07, 6.45) is 0. The monoisotopic (exact) mass is 295 g/mol. The molecule has 100 valence electrons. The van der Waals surface area contributed by atoms with Crippen molar-refractivity contribution in [1.82, 2.24) is 0 Å². The fourth-order valence-corrected chi connectivity index (χ4v) is 2.98. The van der Waals surface area contributed by atoms with Crippen LogP contribution in [0.15, 0.2) is 53.4 Å². The summed E-state index contributed by atoms with van der Waals surface area (Å²) in [6.45, 7) is 1.92. The average molecular weight is 296 g/mol. The number of benzene rings is 2. The van der Waals surface area contributed by atoms with Gasteiger partial charge in [0.1, 0.15) is 0 Å². The zero-order chi connectivity index (χ0) is 14.0. The number of aryl methyl sites for hydroxylation is 1. The van der Waals surface area contributed by atoms with Gasteiger partial charge in [0.2, 0.25) is 0 Å². The van der Waals surface area contributed by atoms with E-state index in [0.29, 0.717) is 10.7 Å². The van der Waals surface area contributed by atoms with Gasteiger partial charge in [0, 0.05) is 12.1 Å². The van der Waals surface area contributed by atoms with E-state index in [0.717, 1.165) is 5.56 Å². The molecule has 0 amide bonds. The number of anilines is 1. The number of nitrogens with zero attached hydrogens (tertiary/aromatic N) is 1. The van der Waals surface area contributed by atoms with Gasteiger partial charge in [0.15, 0.2) is 0 Å². The lowest BCUT2D eigenvalue weighted by molar-refractivity contribution is 0.594. The highest BCUT2D eigenvalue weighted by molar-refractivity contribution is 7.92. The first-order valence-corrected chi connectivity index (χ1v) is 7.54. The second-order valence-corrected chi connectivity index (χ2v) is 6.67. The van der Waals surface area contributed by atoms with E-state index < -0.39 is 10.0 Å². The highest BCUT2D eigenvalue weighted by atomic mass is 35.5. The molecule has 0 saturated carbocycles. The summed E-state index contributed by atoms with van der Waals surface area (Å²) in [5, 5.41) is 0.574. The van der Waals surface area contributed by atoms with Crippen LogP contribution in [0.25, 0.3) is 0 Å². The molecule has 0 heterocycles.